The molecule has 2 heteroatoms. The second-order valence-electron chi connectivity index (χ2n) is 7.83. The third-order valence-corrected chi connectivity index (χ3v) is 2.97. The van der Waals surface area contributed by atoms with Crippen LogP contribution >= 0.6 is 0 Å². The van der Waals surface area contributed by atoms with Crippen molar-refractivity contribution in [1.82, 2.24) is 5.32 Å². The highest BCUT2D eigenvalue weighted by molar-refractivity contribution is 5.84. The number of hydrogen-bond donors (Lipinski definition) is 1. The van der Waals surface area contributed by atoms with Crippen molar-refractivity contribution in [2.75, 3.05) is 0 Å². The predicted molar refractivity (Wildman–Crippen MR) is 73.1 cm³/mol. The van der Waals surface area contributed by atoms with Crippen molar-refractivity contribution in [2.24, 2.45) is 11.3 Å². The van der Waals surface area contributed by atoms with E-state index in [0.717, 1.165) is 12.3 Å². The summed E-state index contributed by atoms with van der Waals surface area (Å²) in [5, 5.41) is 3.50. The number of hydrogen-bond acceptors (Lipinski definition) is 2. The molecule has 0 spiro atoms. The lowest BCUT2D eigenvalue weighted by Crippen LogP contribution is -2.48. The Bertz CT molecular complexity index is 266. The smallest absolute Gasteiger partial charge is 0.150 e. The summed E-state index contributed by atoms with van der Waals surface area (Å²) < 4.78 is 0. The van der Waals surface area contributed by atoms with E-state index in [2.05, 4.69) is 46.9 Å². The summed E-state index contributed by atoms with van der Waals surface area (Å²) in [5.74, 6) is 1.18. The molecule has 1 fully saturated rings. The average Bonchev–Trinajstić information content (AvgIpc) is 2.80. The van der Waals surface area contributed by atoms with E-state index in [9.17, 15) is 4.79 Å². The maximum Gasteiger partial charge on any atom is 0.150 e. The fraction of sp³-hybridized carbons (Fsp3) is 0.933. The van der Waals surface area contributed by atoms with Gasteiger partial charge in [-0.15, -0.1) is 0 Å². The summed E-state index contributed by atoms with van der Waals surface area (Å²) in [4.78, 5) is 12.3. The van der Waals surface area contributed by atoms with Crippen LogP contribution in [0.5, 0.6) is 0 Å². The molecule has 0 amide bonds. The van der Waals surface area contributed by atoms with E-state index in [1.807, 2.05) is 0 Å². The van der Waals surface area contributed by atoms with Crippen molar-refractivity contribution in [1.29, 1.82) is 0 Å². The lowest BCUT2D eigenvalue weighted by Gasteiger charge is -2.29. The molecular formula is C15H29NO. The van der Waals surface area contributed by atoms with Crippen LogP contribution in [0.25, 0.3) is 0 Å². The Morgan fingerprint density at radius 1 is 1.18 bits per heavy atom. The number of carbonyl (C=O) groups excluding carboxylic acids is 1. The molecule has 1 aliphatic rings. The standard InChI is InChI=1S/C15H29NO/c1-14(2,3)10-13(17)12(9-11-7-8-11)16-15(4,5)6/h11-12,16H,7-10H2,1-6H3/t12-/m0/s1. The van der Waals surface area contributed by atoms with Crippen LogP contribution in [0.4, 0.5) is 0 Å². The van der Waals surface area contributed by atoms with Crippen molar-refractivity contribution in [2.45, 2.75) is 78.8 Å². The summed E-state index contributed by atoms with van der Waals surface area (Å²) >= 11 is 0. The zero-order valence-corrected chi connectivity index (χ0v) is 12.4. The van der Waals surface area contributed by atoms with Gasteiger partial charge in [0.05, 0.1) is 6.04 Å². The van der Waals surface area contributed by atoms with Gasteiger partial charge in [-0.25, -0.2) is 0 Å². The average molecular weight is 239 g/mol. The molecule has 0 unspecified atom stereocenters. The van der Waals surface area contributed by atoms with Crippen LogP contribution in [0.3, 0.4) is 0 Å². The quantitative estimate of drug-likeness (QED) is 0.795. The SMILES string of the molecule is CC(C)(C)CC(=O)[C@H](CC1CC1)NC(C)(C)C. The third kappa shape index (κ3) is 6.82. The van der Waals surface area contributed by atoms with Gasteiger partial charge >= 0.3 is 0 Å². The van der Waals surface area contributed by atoms with Crippen LogP contribution < -0.4 is 5.32 Å². The van der Waals surface area contributed by atoms with E-state index in [-0.39, 0.29) is 17.0 Å². The minimum Gasteiger partial charge on any atom is -0.303 e. The van der Waals surface area contributed by atoms with Gasteiger partial charge in [0.2, 0.25) is 0 Å². The van der Waals surface area contributed by atoms with Crippen molar-refractivity contribution in [3.05, 3.63) is 0 Å². The molecule has 1 saturated carbocycles. The third-order valence-electron chi connectivity index (χ3n) is 2.97. The van der Waals surface area contributed by atoms with Gasteiger partial charge in [-0.2, -0.15) is 0 Å². The highest BCUT2D eigenvalue weighted by atomic mass is 16.1. The molecule has 0 saturated heterocycles. The first-order chi connectivity index (χ1) is 7.57. The molecule has 1 N–H and O–H groups in total. The highest BCUT2D eigenvalue weighted by Gasteiger charge is 2.32. The van der Waals surface area contributed by atoms with Gasteiger partial charge in [-0.05, 0) is 38.5 Å². The van der Waals surface area contributed by atoms with Gasteiger partial charge in [0.25, 0.3) is 0 Å². The highest BCUT2D eigenvalue weighted by Crippen LogP contribution is 2.35. The first-order valence-electron chi connectivity index (χ1n) is 6.87. The largest absolute Gasteiger partial charge is 0.303 e. The van der Waals surface area contributed by atoms with E-state index in [1.54, 1.807) is 0 Å². The van der Waals surface area contributed by atoms with Crippen LogP contribution in [0.1, 0.15) is 67.2 Å². The zero-order chi connectivity index (χ0) is 13.3. The number of carbonyl (C=O) groups is 1. The van der Waals surface area contributed by atoms with Crippen molar-refractivity contribution < 1.29 is 4.79 Å². The van der Waals surface area contributed by atoms with Crippen LogP contribution in [-0.4, -0.2) is 17.4 Å². The summed E-state index contributed by atoms with van der Waals surface area (Å²) in [6, 6.07) is 0.0572. The maximum absolute atomic E-state index is 12.3. The Hall–Kier alpha value is -0.370. The van der Waals surface area contributed by atoms with Crippen LogP contribution in [0, 0.1) is 11.3 Å². The van der Waals surface area contributed by atoms with E-state index >= 15 is 0 Å². The molecule has 0 radical (unpaired) electrons. The molecule has 17 heavy (non-hydrogen) atoms. The second kappa shape index (κ2) is 5.09. The predicted octanol–water partition coefficient (Wildman–Crippen LogP) is 3.55. The topological polar surface area (TPSA) is 29.1 Å². The van der Waals surface area contributed by atoms with Crippen molar-refractivity contribution >= 4 is 5.78 Å². The fourth-order valence-electron chi connectivity index (χ4n) is 2.13. The molecule has 1 rings (SSSR count). The van der Waals surface area contributed by atoms with E-state index in [4.69, 9.17) is 0 Å². The molecule has 1 atom stereocenters. The van der Waals surface area contributed by atoms with Crippen molar-refractivity contribution in [3.8, 4) is 0 Å². The Morgan fingerprint density at radius 3 is 2.06 bits per heavy atom. The van der Waals surface area contributed by atoms with E-state index in [0.29, 0.717) is 12.2 Å². The fourth-order valence-corrected chi connectivity index (χ4v) is 2.13. The summed E-state index contributed by atoms with van der Waals surface area (Å²) in [6.45, 7) is 12.8. The molecule has 0 bridgehead atoms. The lowest BCUT2D eigenvalue weighted by atomic mass is 9.86. The molecule has 0 aromatic heterocycles. The van der Waals surface area contributed by atoms with E-state index in [1.165, 1.54) is 12.8 Å². The Balaban J connectivity index is 2.57. The van der Waals surface area contributed by atoms with Crippen LogP contribution in [-0.2, 0) is 4.79 Å². The Kier molecular flexibility index (Phi) is 4.40. The molecule has 2 nitrogen and oxygen atoms in total. The molecule has 0 aromatic carbocycles. The number of ketones is 1. The number of nitrogens with one attached hydrogen (secondary N) is 1. The zero-order valence-electron chi connectivity index (χ0n) is 12.4. The lowest BCUT2D eigenvalue weighted by molar-refractivity contribution is -0.123. The molecule has 1 aliphatic carbocycles. The Morgan fingerprint density at radius 2 is 1.71 bits per heavy atom. The van der Waals surface area contributed by atoms with Gasteiger partial charge in [0.15, 0.2) is 0 Å². The summed E-state index contributed by atoms with van der Waals surface area (Å²) in [7, 11) is 0. The minimum absolute atomic E-state index is 0.0209. The maximum atomic E-state index is 12.3. The summed E-state index contributed by atoms with van der Waals surface area (Å²) in [5.41, 5.74) is 0.117. The Labute approximate surface area is 107 Å². The second-order valence-corrected chi connectivity index (χ2v) is 7.83. The van der Waals surface area contributed by atoms with Gasteiger partial charge < -0.3 is 5.32 Å². The normalized spacial score (nSPS) is 19.2. The number of Topliss-reactive ketones (excluding diaryl/α,β-unsaturated/α-hetero) is 1. The molecular weight excluding hydrogens is 210 g/mol. The van der Waals surface area contributed by atoms with Crippen LogP contribution in [0.15, 0.2) is 0 Å². The van der Waals surface area contributed by atoms with E-state index < -0.39 is 0 Å². The molecule has 100 valence electrons. The number of rotatable bonds is 5. The van der Waals surface area contributed by atoms with Gasteiger partial charge in [-0.1, -0.05) is 33.6 Å². The molecule has 0 aliphatic heterocycles. The minimum atomic E-state index is 0.0209. The van der Waals surface area contributed by atoms with Gasteiger partial charge in [0, 0.05) is 12.0 Å². The van der Waals surface area contributed by atoms with Crippen LogP contribution in [0.2, 0.25) is 0 Å². The van der Waals surface area contributed by atoms with Crippen molar-refractivity contribution in [3.63, 3.8) is 0 Å². The first-order valence-corrected chi connectivity index (χ1v) is 6.87. The van der Waals surface area contributed by atoms with Gasteiger partial charge in [0.1, 0.15) is 5.78 Å². The first kappa shape index (κ1) is 14.7. The van der Waals surface area contributed by atoms with Gasteiger partial charge in [-0.3, -0.25) is 4.79 Å². The summed E-state index contributed by atoms with van der Waals surface area (Å²) in [6.07, 6.45) is 4.33. The molecule has 0 aromatic rings. The monoisotopic (exact) mass is 239 g/mol. The molecule has 0 heterocycles.